The maximum atomic E-state index is 14.0. The fourth-order valence-corrected chi connectivity index (χ4v) is 2.95. The van der Waals surface area contributed by atoms with Crippen LogP contribution in [-0.2, 0) is 6.18 Å². The Kier molecular flexibility index (Phi) is 5.63. The van der Waals surface area contributed by atoms with Crippen LogP contribution in [0.5, 0.6) is 0 Å². The quantitative estimate of drug-likeness (QED) is 0.593. The minimum Gasteiger partial charge on any atom is -0.348 e. The van der Waals surface area contributed by atoms with Crippen LogP contribution in [0, 0.1) is 5.82 Å². The summed E-state index contributed by atoms with van der Waals surface area (Å²) < 4.78 is 53.3. The summed E-state index contributed by atoms with van der Waals surface area (Å²) in [5, 5.41) is 14.1. The number of anilines is 1. The van der Waals surface area contributed by atoms with E-state index in [9.17, 15) is 27.2 Å². The van der Waals surface area contributed by atoms with E-state index in [1.54, 1.807) is 0 Å². The normalized spacial score (nSPS) is 15.3. The molecule has 0 saturated carbocycles. The molecule has 7 nitrogen and oxygen atoms in total. The topological polar surface area (TPSA) is 98.9 Å². The van der Waals surface area contributed by atoms with Crippen molar-refractivity contribution in [1.82, 2.24) is 20.8 Å². The maximum absolute atomic E-state index is 14.0. The van der Waals surface area contributed by atoms with Gasteiger partial charge in [0.05, 0.1) is 23.0 Å². The molecule has 1 fully saturated rings. The van der Waals surface area contributed by atoms with Crippen molar-refractivity contribution < 1.29 is 27.2 Å². The fourth-order valence-electron chi connectivity index (χ4n) is 2.95. The molecule has 0 radical (unpaired) electrons. The molecule has 1 aromatic heterocycles. The molecule has 1 aliphatic rings. The summed E-state index contributed by atoms with van der Waals surface area (Å²) in [5.74, 6) is -3.22. The predicted octanol–water partition coefficient (Wildman–Crippen LogP) is 2.30. The van der Waals surface area contributed by atoms with Gasteiger partial charge in [-0.2, -0.15) is 18.3 Å². The number of piperidine rings is 1. The Hall–Kier alpha value is -2.95. The van der Waals surface area contributed by atoms with Crippen molar-refractivity contribution in [1.29, 1.82) is 0 Å². The molecule has 2 heterocycles. The molecular weight excluding hydrogens is 382 g/mol. The molecule has 11 heteroatoms. The lowest BCUT2D eigenvalue weighted by Crippen LogP contribution is -2.43. The molecule has 0 spiro atoms. The molecule has 3 rings (SSSR count). The molecule has 1 aliphatic heterocycles. The molecule has 0 aliphatic carbocycles. The second-order valence-corrected chi connectivity index (χ2v) is 6.27. The Labute approximate surface area is 156 Å². The van der Waals surface area contributed by atoms with Gasteiger partial charge in [-0.1, -0.05) is 6.07 Å². The highest BCUT2D eigenvalue weighted by molar-refractivity contribution is 6.09. The number of amides is 2. The zero-order chi connectivity index (χ0) is 20.3. The summed E-state index contributed by atoms with van der Waals surface area (Å²) in [6.45, 7) is 1.48. The van der Waals surface area contributed by atoms with Crippen LogP contribution in [-0.4, -0.2) is 41.1 Å². The van der Waals surface area contributed by atoms with Gasteiger partial charge in [0.2, 0.25) is 0 Å². The van der Waals surface area contributed by atoms with Gasteiger partial charge in [0.15, 0.2) is 0 Å². The number of nitrogens with one attached hydrogen (secondary N) is 4. The van der Waals surface area contributed by atoms with Crippen LogP contribution in [0.4, 0.5) is 23.2 Å². The van der Waals surface area contributed by atoms with Gasteiger partial charge in [-0.05, 0) is 38.1 Å². The van der Waals surface area contributed by atoms with Crippen LogP contribution in [0.25, 0.3) is 0 Å². The van der Waals surface area contributed by atoms with Crippen LogP contribution in [0.15, 0.2) is 24.4 Å². The van der Waals surface area contributed by atoms with Crippen molar-refractivity contribution in [3.63, 3.8) is 0 Å². The van der Waals surface area contributed by atoms with Crippen molar-refractivity contribution in [3.8, 4) is 0 Å². The van der Waals surface area contributed by atoms with E-state index in [0.717, 1.165) is 31.4 Å². The molecule has 2 aromatic rings. The number of rotatable bonds is 4. The number of aromatic amines is 1. The Bertz CT molecular complexity index is 875. The standard InChI is InChI=1S/C17H17F4N5O2/c18-11-3-1-2-10(17(19,20)21)13(11)15(27)25-12-8-23-26-14(12)16(28)24-9-4-6-22-7-5-9/h1-3,8-9,22H,4-7H2,(H,23,26)(H,24,28)(H,25,27). The lowest BCUT2D eigenvalue weighted by Gasteiger charge is -2.23. The molecule has 0 bridgehead atoms. The van der Waals surface area contributed by atoms with E-state index in [2.05, 4.69) is 26.1 Å². The summed E-state index contributed by atoms with van der Waals surface area (Å²) in [6, 6.07) is 2.15. The van der Waals surface area contributed by atoms with E-state index < -0.39 is 34.9 Å². The fraction of sp³-hybridized carbons (Fsp3) is 0.353. The summed E-state index contributed by atoms with van der Waals surface area (Å²) in [6.07, 6.45) is -2.42. The molecule has 1 saturated heterocycles. The van der Waals surface area contributed by atoms with E-state index in [1.807, 2.05) is 0 Å². The number of halogens is 4. The first-order chi connectivity index (χ1) is 13.3. The summed E-state index contributed by atoms with van der Waals surface area (Å²) in [4.78, 5) is 24.7. The minimum atomic E-state index is -4.92. The number of alkyl halides is 3. The van der Waals surface area contributed by atoms with Gasteiger partial charge in [-0.25, -0.2) is 4.39 Å². The van der Waals surface area contributed by atoms with Gasteiger partial charge in [0, 0.05) is 6.04 Å². The summed E-state index contributed by atoms with van der Waals surface area (Å²) in [7, 11) is 0. The first-order valence-corrected chi connectivity index (χ1v) is 8.49. The Morgan fingerprint density at radius 2 is 1.86 bits per heavy atom. The molecule has 4 N–H and O–H groups in total. The van der Waals surface area contributed by atoms with Gasteiger partial charge < -0.3 is 16.0 Å². The number of hydrogen-bond acceptors (Lipinski definition) is 4. The van der Waals surface area contributed by atoms with Crippen molar-refractivity contribution in [2.45, 2.75) is 25.1 Å². The van der Waals surface area contributed by atoms with Crippen LogP contribution in [0.2, 0.25) is 0 Å². The number of H-pyrrole nitrogens is 1. The third-order valence-electron chi connectivity index (χ3n) is 4.34. The van der Waals surface area contributed by atoms with Gasteiger partial charge in [0.25, 0.3) is 11.8 Å². The Morgan fingerprint density at radius 3 is 2.54 bits per heavy atom. The van der Waals surface area contributed by atoms with Gasteiger partial charge in [0.1, 0.15) is 11.5 Å². The van der Waals surface area contributed by atoms with E-state index in [0.29, 0.717) is 18.9 Å². The van der Waals surface area contributed by atoms with Crippen LogP contribution in [0.3, 0.4) is 0 Å². The molecule has 0 atom stereocenters. The first-order valence-electron chi connectivity index (χ1n) is 8.49. The Morgan fingerprint density at radius 1 is 1.14 bits per heavy atom. The summed E-state index contributed by atoms with van der Waals surface area (Å²) in [5.41, 5.74) is -2.83. The largest absolute Gasteiger partial charge is 0.417 e. The second-order valence-electron chi connectivity index (χ2n) is 6.27. The molecule has 28 heavy (non-hydrogen) atoms. The monoisotopic (exact) mass is 399 g/mol. The zero-order valence-corrected chi connectivity index (χ0v) is 14.5. The van der Waals surface area contributed by atoms with E-state index >= 15 is 0 Å². The molecule has 2 amide bonds. The van der Waals surface area contributed by atoms with Gasteiger partial charge in [-0.15, -0.1) is 0 Å². The lowest BCUT2D eigenvalue weighted by molar-refractivity contribution is -0.138. The Balaban J connectivity index is 1.80. The van der Waals surface area contributed by atoms with Gasteiger partial charge >= 0.3 is 6.18 Å². The number of carbonyl (C=O) groups excluding carboxylic acids is 2. The highest BCUT2D eigenvalue weighted by Crippen LogP contribution is 2.33. The highest BCUT2D eigenvalue weighted by atomic mass is 19.4. The van der Waals surface area contributed by atoms with E-state index in [-0.39, 0.29) is 17.4 Å². The number of benzene rings is 1. The SMILES string of the molecule is O=C(NC1CCNCC1)c1[nH]ncc1NC(=O)c1c(F)cccc1C(F)(F)F. The smallest absolute Gasteiger partial charge is 0.348 e. The molecule has 150 valence electrons. The number of aromatic nitrogens is 2. The predicted molar refractivity (Wildman–Crippen MR) is 91.3 cm³/mol. The average Bonchev–Trinajstić information content (AvgIpc) is 3.09. The zero-order valence-electron chi connectivity index (χ0n) is 14.5. The van der Waals surface area contributed by atoms with Crippen LogP contribution < -0.4 is 16.0 Å². The van der Waals surface area contributed by atoms with Crippen molar-refractivity contribution in [3.05, 3.63) is 47.0 Å². The van der Waals surface area contributed by atoms with Crippen molar-refractivity contribution >= 4 is 17.5 Å². The lowest BCUT2D eigenvalue weighted by atomic mass is 10.1. The molecular formula is C17H17F4N5O2. The summed E-state index contributed by atoms with van der Waals surface area (Å²) >= 11 is 0. The first kappa shape index (κ1) is 19.8. The third-order valence-corrected chi connectivity index (χ3v) is 4.34. The minimum absolute atomic E-state index is 0.0796. The second kappa shape index (κ2) is 7.97. The average molecular weight is 399 g/mol. The van der Waals surface area contributed by atoms with Crippen molar-refractivity contribution in [2.24, 2.45) is 0 Å². The third kappa shape index (κ3) is 4.30. The maximum Gasteiger partial charge on any atom is 0.417 e. The number of hydrogen-bond donors (Lipinski definition) is 4. The van der Waals surface area contributed by atoms with E-state index in [1.165, 1.54) is 0 Å². The number of nitrogens with zero attached hydrogens (tertiary/aromatic N) is 1. The van der Waals surface area contributed by atoms with E-state index in [4.69, 9.17) is 0 Å². The van der Waals surface area contributed by atoms with Crippen molar-refractivity contribution in [2.75, 3.05) is 18.4 Å². The molecule has 1 aromatic carbocycles. The van der Waals surface area contributed by atoms with Gasteiger partial charge in [-0.3, -0.25) is 14.7 Å². The number of carbonyl (C=O) groups is 2. The van der Waals surface area contributed by atoms with Crippen LogP contribution in [0.1, 0.15) is 39.3 Å². The highest BCUT2D eigenvalue weighted by Gasteiger charge is 2.37. The van der Waals surface area contributed by atoms with Crippen LogP contribution >= 0.6 is 0 Å². The molecule has 0 unspecified atom stereocenters.